The summed E-state index contributed by atoms with van der Waals surface area (Å²) >= 11 is 0. The Morgan fingerprint density at radius 2 is 1.79 bits per heavy atom. The maximum Gasteiger partial charge on any atom is 0.164 e. The average Bonchev–Trinajstić information content (AvgIpc) is 3.64. The Balaban J connectivity index is 0.000000297. The molecule has 0 amide bonds. The van der Waals surface area contributed by atoms with Crippen LogP contribution in [0.1, 0.15) is 95.3 Å². The van der Waals surface area contributed by atoms with Crippen LogP contribution in [0.5, 0.6) is 0 Å². The van der Waals surface area contributed by atoms with Crippen molar-refractivity contribution in [2.45, 2.75) is 93.3 Å². The van der Waals surface area contributed by atoms with E-state index in [2.05, 4.69) is 23.2 Å². The quantitative estimate of drug-likeness (QED) is 0.111. The molecule has 4 aromatic rings. The monoisotopic (exact) mass is 748 g/mol. The van der Waals surface area contributed by atoms with Crippen molar-refractivity contribution >= 4 is 27.7 Å². The summed E-state index contributed by atoms with van der Waals surface area (Å²) < 4.78 is 29.1. The summed E-state index contributed by atoms with van der Waals surface area (Å²) in [6, 6.07) is 16.5. The molecule has 0 unspecified atom stereocenters. The van der Waals surface area contributed by atoms with E-state index >= 15 is 0 Å². The average molecular weight is 748 g/mol. The number of aryl methyl sites for hydroxylation is 1. The van der Waals surface area contributed by atoms with E-state index in [9.17, 15) is 9.90 Å². The standard InChI is InChI=1S/C24H22NO.C13H24O2.Ir/c1-16-9-10-19-20-7-4-8-21(24(20)26-23(19)13-16)22-15-18(11-12-25-22)14-17-5-2-3-6-17;1-7-12(3,4)10(14)9-11(15)13(5,6)8-2;/h4,7,9-13,15,17H,2-3,5-6,14H2,1H3;9,14H,7-8H2,1-6H3;/q-1;;/b;10-9-;/i1D3;;. The van der Waals surface area contributed by atoms with Gasteiger partial charge in [0.25, 0.3) is 0 Å². The first-order valence-electron chi connectivity index (χ1n) is 16.4. The van der Waals surface area contributed by atoms with E-state index in [1.807, 2.05) is 65.9 Å². The minimum Gasteiger partial charge on any atom is -0.512 e. The summed E-state index contributed by atoms with van der Waals surface area (Å²) in [7, 11) is 0. The molecule has 1 aliphatic carbocycles. The summed E-state index contributed by atoms with van der Waals surface area (Å²) in [6.07, 6.45) is 11.3. The molecule has 0 aliphatic heterocycles. The third-order valence-electron chi connectivity index (χ3n) is 8.91. The van der Waals surface area contributed by atoms with Gasteiger partial charge in [-0.3, -0.25) is 4.79 Å². The molecular weight excluding hydrogens is 699 g/mol. The smallest absolute Gasteiger partial charge is 0.164 e. The number of pyridine rings is 1. The summed E-state index contributed by atoms with van der Waals surface area (Å²) in [6.45, 7) is 9.50. The number of aromatic nitrogens is 1. The number of aliphatic hydroxyl groups is 1. The molecule has 4 nitrogen and oxygen atoms in total. The predicted octanol–water partition coefficient (Wildman–Crippen LogP) is 10.4. The number of hydrogen-bond donors (Lipinski definition) is 1. The van der Waals surface area contributed by atoms with Crippen molar-refractivity contribution in [2.75, 3.05) is 0 Å². The number of rotatable bonds is 8. The molecule has 2 heterocycles. The van der Waals surface area contributed by atoms with Crippen molar-refractivity contribution in [1.82, 2.24) is 4.98 Å². The molecule has 42 heavy (non-hydrogen) atoms. The molecule has 5 rings (SSSR count). The van der Waals surface area contributed by atoms with Gasteiger partial charge in [-0.1, -0.05) is 102 Å². The molecule has 0 saturated heterocycles. The molecule has 1 saturated carbocycles. The van der Waals surface area contributed by atoms with Crippen molar-refractivity contribution < 1.29 is 38.5 Å². The first-order valence-corrected chi connectivity index (χ1v) is 14.9. The zero-order chi connectivity index (χ0) is 32.3. The molecule has 0 bridgehead atoms. The van der Waals surface area contributed by atoms with Crippen LogP contribution in [0.3, 0.4) is 0 Å². The number of furan rings is 1. The third kappa shape index (κ3) is 7.79. The Kier molecular flexibility index (Phi) is 9.88. The fourth-order valence-electron chi connectivity index (χ4n) is 5.09. The second kappa shape index (κ2) is 14.1. The Morgan fingerprint density at radius 3 is 2.45 bits per heavy atom. The normalized spacial score (nSPS) is 15.9. The van der Waals surface area contributed by atoms with Gasteiger partial charge in [0.15, 0.2) is 5.78 Å². The van der Waals surface area contributed by atoms with Gasteiger partial charge in [0.05, 0.1) is 5.58 Å². The van der Waals surface area contributed by atoms with E-state index in [0.29, 0.717) is 11.2 Å². The molecule has 0 atom stereocenters. The maximum atomic E-state index is 11.8. The Morgan fingerprint density at radius 1 is 1.07 bits per heavy atom. The van der Waals surface area contributed by atoms with Gasteiger partial charge in [-0.2, -0.15) is 0 Å². The van der Waals surface area contributed by atoms with Crippen molar-refractivity contribution in [1.29, 1.82) is 0 Å². The molecule has 0 spiro atoms. The van der Waals surface area contributed by atoms with Crippen molar-refractivity contribution in [3.63, 3.8) is 0 Å². The number of hydrogen-bond acceptors (Lipinski definition) is 4. The third-order valence-corrected chi connectivity index (χ3v) is 8.91. The van der Waals surface area contributed by atoms with Crippen LogP contribution in [0, 0.1) is 29.7 Å². The zero-order valence-corrected chi connectivity index (χ0v) is 28.2. The maximum absolute atomic E-state index is 11.8. The SMILES string of the molecule is CCC(C)(C)C(=O)/C=C(\O)C(C)(C)CC.[2H]C([2H])([2H])c1ccc2c(c1)oc1c(-c3cc(CC4CCCC4)ccn3)[c-]ccc12.[Ir]. The van der Waals surface area contributed by atoms with Crippen LogP contribution in [0.4, 0.5) is 0 Å². The predicted molar refractivity (Wildman–Crippen MR) is 170 cm³/mol. The summed E-state index contributed by atoms with van der Waals surface area (Å²) in [5.41, 5.74) is 3.85. The van der Waals surface area contributed by atoms with Gasteiger partial charge in [-0.15, -0.1) is 18.2 Å². The molecule has 5 heteroatoms. The van der Waals surface area contributed by atoms with E-state index in [1.54, 1.807) is 12.1 Å². The topological polar surface area (TPSA) is 63.3 Å². The number of fused-ring (bicyclic) bond motifs is 3. The first-order chi connectivity index (χ1) is 20.7. The molecule has 1 radical (unpaired) electrons. The second-order valence-electron chi connectivity index (χ2n) is 12.7. The minimum absolute atomic E-state index is 0. The van der Waals surface area contributed by atoms with E-state index in [4.69, 9.17) is 8.53 Å². The zero-order valence-electron chi connectivity index (χ0n) is 28.8. The Bertz CT molecular complexity index is 1650. The number of allylic oxidation sites excluding steroid dienone is 2. The van der Waals surface area contributed by atoms with Crippen LogP contribution < -0.4 is 0 Å². The number of benzene rings is 2. The fraction of sp³-hybridized carbons (Fsp3) is 0.459. The number of carbonyl (C=O) groups excluding carboxylic acids is 1. The van der Waals surface area contributed by atoms with Gasteiger partial charge in [-0.25, -0.2) is 0 Å². The minimum atomic E-state index is -2.15. The van der Waals surface area contributed by atoms with Crippen LogP contribution in [-0.2, 0) is 31.3 Å². The van der Waals surface area contributed by atoms with E-state index in [-0.39, 0.29) is 48.0 Å². The molecular formula is C37H46IrNO3-. The number of carbonyl (C=O) groups is 1. The number of nitrogens with zero attached hydrogens (tertiary/aromatic N) is 1. The molecule has 1 fully saturated rings. The second-order valence-corrected chi connectivity index (χ2v) is 12.7. The van der Waals surface area contributed by atoms with Gasteiger partial charge in [-0.05, 0) is 55.4 Å². The molecule has 227 valence electrons. The first kappa shape index (κ1) is 29.3. The number of ketones is 1. The van der Waals surface area contributed by atoms with E-state index < -0.39 is 6.85 Å². The summed E-state index contributed by atoms with van der Waals surface area (Å²) in [5, 5.41) is 11.7. The van der Waals surface area contributed by atoms with Crippen molar-refractivity contribution in [2.24, 2.45) is 16.7 Å². The largest absolute Gasteiger partial charge is 0.512 e. The van der Waals surface area contributed by atoms with Gasteiger partial charge in [0.2, 0.25) is 0 Å². The van der Waals surface area contributed by atoms with Gasteiger partial charge in [0.1, 0.15) is 11.3 Å². The Hall–Kier alpha value is -2.75. The van der Waals surface area contributed by atoms with Gasteiger partial charge >= 0.3 is 0 Å². The van der Waals surface area contributed by atoms with Gasteiger partial charge in [0, 0.05) is 52.7 Å². The van der Waals surface area contributed by atoms with Crippen LogP contribution >= 0.6 is 0 Å². The van der Waals surface area contributed by atoms with E-state index in [0.717, 1.165) is 47.2 Å². The Labute approximate surface area is 269 Å². The molecule has 1 aliphatic rings. The summed E-state index contributed by atoms with van der Waals surface area (Å²) in [4.78, 5) is 16.4. The van der Waals surface area contributed by atoms with Gasteiger partial charge < -0.3 is 14.5 Å². The fourth-order valence-corrected chi connectivity index (χ4v) is 5.09. The van der Waals surface area contributed by atoms with Crippen LogP contribution in [-0.4, -0.2) is 15.9 Å². The van der Waals surface area contributed by atoms with Crippen LogP contribution in [0.25, 0.3) is 33.2 Å². The van der Waals surface area contributed by atoms with E-state index in [1.165, 1.54) is 37.3 Å². The van der Waals surface area contributed by atoms with Crippen molar-refractivity contribution in [3.05, 3.63) is 77.7 Å². The molecule has 2 aromatic heterocycles. The summed E-state index contributed by atoms with van der Waals surface area (Å²) in [5.74, 6) is 0.968. The van der Waals surface area contributed by atoms with Crippen LogP contribution in [0.15, 0.2) is 64.9 Å². The molecule has 1 N–H and O–H groups in total. The van der Waals surface area contributed by atoms with Crippen molar-refractivity contribution in [3.8, 4) is 11.3 Å². The number of aliphatic hydroxyl groups excluding tert-OH is 1. The molecule has 2 aromatic carbocycles. The van der Waals surface area contributed by atoms with Crippen LogP contribution in [0.2, 0.25) is 0 Å².